The first-order valence-corrected chi connectivity index (χ1v) is 6.87. The molecule has 0 saturated carbocycles. The van der Waals surface area contributed by atoms with Crippen LogP contribution in [0.2, 0.25) is 0 Å². The maximum atomic E-state index is 13.0. The molecule has 0 spiro atoms. The lowest BCUT2D eigenvalue weighted by Crippen LogP contribution is -2.43. The predicted molar refractivity (Wildman–Crippen MR) is 73.1 cm³/mol. The summed E-state index contributed by atoms with van der Waals surface area (Å²) >= 11 is 0. The summed E-state index contributed by atoms with van der Waals surface area (Å²) in [5.41, 5.74) is 0.947. The molecule has 4 heteroatoms. The van der Waals surface area contributed by atoms with E-state index in [2.05, 4.69) is 24.5 Å². The normalized spacial score (nSPS) is 20.5. The van der Waals surface area contributed by atoms with Crippen LogP contribution in [0.4, 0.5) is 4.39 Å². The summed E-state index contributed by atoms with van der Waals surface area (Å²) in [6.45, 7) is 5.01. The number of amides is 1. The van der Waals surface area contributed by atoms with E-state index in [4.69, 9.17) is 0 Å². The molecule has 1 amide bonds. The van der Waals surface area contributed by atoms with Gasteiger partial charge in [-0.3, -0.25) is 4.79 Å². The highest BCUT2D eigenvalue weighted by Crippen LogP contribution is 2.22. The smallest absolute Gasteiger partial charge is 0.237 e. The largest absolute Gasteiger partial charge is 0.348 e. The highest BCUT2D eigenvalue weighted by atomic mass is 19.1. The van der Waals surface area contributed by atoms with Gasteiger partial charge in [-0.2, -0.15) is 0 Å². The number of rotatable bonds is 4. The monoisotopic (exact) mass is 264 g/mol. The zero-order valence-corrected chi connectivity index (χ0v) is 11.4. The summed E-state index contributed by atoms with van der Waals surface area (Å²) in [7, 11) is 0. The molecule has 3 nitrogen and oxygen atoms in total. The molecule has 0 radical (unpaired) electrons. The molecule has 1 saturated heterocycles. The Morgan fingerprint density at radius 1 is 1.37 bits per heavy atom. The number of hydrogen-bond acceptors (Lipinski definition) is 2. The summed E-state index contributed by atoms with van der Waals surface area (Å²) in [6.07, 6.45) is 1.93. The van der Waals surface area contributed by atoms with Crippen LogP contribution in [-0.2, 0) is 4.79 Å². The molecule has 1 unspecified atom stereocenters. The third-order valence-electron chi connectivity index (χ3n) is 3.57. The fraction of sp³-hybridized carbons (Fsp3) is 0.533. The second kappa shape index (κ2) is 6.15. The Kier molecular flexibility index (Phi) is 4.53. The van der Waals surface area contributed by atoms with Gasteiger partial charge in [0.1, 0.15) is 5.82 Å². The van der Waals surface area contributed by atoms with Crippen LogP contribution in [0.25, 0.3) is 0 Å². The maximum absolute atomic E-state index is 13.0. The van der Waals surface area contributed by atoms with Gasteiger partial charge in [0.25, 0.3) is 0 Å². The van der Waals surface area contributed by atoms with Gasteiger partial charge in [-0.1, -0.05) is 26.0 Å². The van der Waals surface area contributed by atoms with Crippen LogP contribution in [-0.4, -0.2) is 18.5 Å². The van der Waals surface area contributed by atoms with Gasteiger partial charge in [0.15, 0.2) is 0 Å². The molecule has 0 aliphatic carbocycles. The lowest BCUT2D eigenvalue weighted by atomic mass is 9.95. The van der Waals surface area contributed by atoms with Crippen LogP contribution in [0.1, 0.15) is 38.3 Å². The zero-order valence-electron chi connectivity index (χ0n) is 11.4. The van der Waals surface area contributed by atoms with Gasteiger partial charge in [-0.15, -0.1) is 0 Å². The Hall–Kier alpha value is -1.42. The third kappa shape index (κ3) is 3.53. The van der Waals surface area contributed by atoms with Gasteiger partial charge < -0.3 is 10.6 Å². The molecule has 1 aliphatic heterocycles. The van der Waals surface area contributed by atoms with Crippen molar-refractivity contribution in [1.82, 2.24) is 10.6 Å². The van der Waals surface area contributed by atoms with E-state index in [1.54, 1.807) is 12.1 Å². The SMILES string of the molecule is CC(C)C(NC(=O)[C@@H]1CCCN1)c1ccc(F)cc1. The van der Waals surface area contributed by atoms with Gasteiger partial charge >= 0.3 is 0 Å². The van der Waals surface area contributed by atoms with Crippen LogP contribution in [0.3, 0.4) is 0 Å². The molecule has 0 aromatic heterocycles. The molecule has 2 rings (SSSR count). The van der Waals surface area contributed by atoms with Crippen molar-refractivity contribution >= 4 is 5.91 Å². The minimum absolute atomic E-state index is 0.0422. The van der Waals surface area contributed by atoms with Gasteiger partial charge in [-0.25, -0.2) is 4.39 Å². The van der Waals surface area contributed by atoms with Gasteiger partial charge in [-0.05, 0) is 43.0 Å². The molecule has 1 aromatic rings. The van der Waals surface area contributed by atoms with Crippen molar-refractivity contribution in [2.45, 2.75) is 38.8 Å². The Morgan fingerprint density at radius 2 is 2.05 bits per heavy atom. The summed E-state index contributed by atoms with van der Waals surface area (Å²) in [6, 6.07) is 6.19. The number of halogens is 1. The van der Waals surface area contributed by atoms with E-state index in [1.807, 2.05) is 0 Å². The molecule has 1 heterocycles. The third-order valence-corrected chi connectivity index (χ3v) is 3.57. The number of carbonyl (C=O) groups is 1. The van der Waals surface area contributed by atoms with E-state index in [0.717, 1.165) is 24.9 Å². The summed E-state index contributed by atoms with van der Waals surface area (Å²) in [5, 5.41) is 6.26. The van der Waals surface area contributed by atoms with E-state index >= 15 is 0 Å². The maximum Gasteiger partial charge on any atom is 0.237 e. The second-order valence-electron chi connectivity index (χ2n) is 5.43. The molecule has 104 valence electrons. The van der Waals surface area contributed by atoms with Crippen molar-refractivity contribution < 1.29 is 9.18 Å². The topological polar surface area (TPSA) is 41.1 Å². The number of hydrogen-bond donors (Lipinski definition) is 2. The second-order valence-corrected chi connectivity index (χ2v) is 5.43. The highest BCUT2D eigenvalue weighted by Gasteiger charge is 2.26. The summed E-state index contributed by atoms with van der Waals surface area (Å²) in [5.74, 6) is 0.0476. The van der Waals surface area contributed by atoms with E-state index in [-0.39, 0.29) is 29.7 Å². The molecule has 1 aromatic carbocycles. The summed E-state index contributed by atoms with van der Waals surface area (Å²) < 4.78 is 13.0. The van der Waals surface area contributed by atoms with Crippen molar-refractivity contribution in [3.05, 3.63) is 35.6 Å². The van der Waals surface area contributed by atoms with Gasteiger partial charge in [0.05, 0.1) is 12.1 Å². The van der Waals surface area contributed by atoms with Crippen LogP contribution in [0.15, 0.2) is 24.3 Å². The van der Waals surface area contributed by atoms with E-state index < -0.39 is 0 Å². The zero-order chi connectivity index (χ0) is 13.8. The Morgan fingerprint density at radius 3 is 2.58 bits per heavy atom. The minimum atomic E-state index is -0.255. The van der Waals surface area contributed by atoms with Crippen LogP contribution >= 0.6 is 0 Å². The van der Waals surface area contributed by atoms with Gasteiger partial charge in [0, 0.05) is 0 Å². The van der Waals surface area contributed by atoms with Crippen LogP contribution in [0.5, 0.6) is 0 Å². The van der Waals surface area contributed by atoms with Crippen LogP contribution in [0, 0.1) is 11.7 Å². The Bertz CT molecular complexity index is 424. The molecule has 2 atom stereocenters. The van der Waals surface area contributed by atoms with E-state index in [1.165, 1.54) is 12.1 Å². The lowest BCUT2D eigenvalue weighted by molar-refractivity contribution is -0.123. The van der Waals surface area contributed by atoms with Crippen molar-refractivity contribution in [1.29, 1.82) is 0 Å². The molecular weight excluding hydrogens is 243 g/mol. The number of benzene rings is 1. The average molecular weight is 264 g/mol. The first-order valence-electron chi connectivity index (χ1n) is 6.87. The molecule has 1 fully saturated rings. The van der Waals surface area contributed by atoms with E-state index in [9.17, 15) is 9.18 Å². The molecule has 2 N–H and O–H groups in total. The number of nitrogens with one attached hydrogen (secondary N) is 2. The standard InChI is InChI=1S/C15H21FN2O/c1-10(2)14(11-5-7-12(16)8-6-11)18-15(19)13-4-3-9-17-13/h5-8,10,13-14,17H,3-4,9H2,1-2H3,(H,18,19)/t13-,14?/m0/s1. The number of carbonyl (C=O) groups excluding carboxylic acids is 1. The minimum Gasteiger partial charge on any atom is -0.348 e. The lowest BCUT2D eigenvalue weighted by Gasteiger charge is -2.24. The average Bonchev–Trinajstić information content (AvgIpc) is 2.90. The molecule has 1 aliphatic rings. The fourth-order valence-corrected chi connectivity index (χ4v) is 2.47. The molecule has 0 bridgehead atoms. The van der Waals surface area contributed by atoms with E-state index in [0.29, 0.717) is 0 Å². The summed E-state index contributed by atoms with van der Waals surface area (Å²) in [4.78, 5) is 12.2. The van der Waals surface area contributed by atoms with Crippen LogP contribution < -0.4 is 10.6 Å². The Balaban J connectivity index is 2.07. The van der Waals surface area contributed by atoms with Crippen molar-refractivity contribution in [2.75, 3.05) is 6.54 Å². The highest BCUT2D eigenvalue weighted by molar-refractivity contribution is 5.82. The van der Waals surface area contributed by atoms with Gasteiger partial charge in [0.2, 0.25) is 5.91 Å². The first-order chi connectivity index (χ1) is 9.08. The van der Waals surface area contributed by atoms with Crippen molar-refractivity contribution in [3.63, 3.8) is 0 Å². The van der Waals surface area contributed by atoms with Crippen molar-refractivity contribution in [3.8, 4) is 0 Å². The fourth-order valence-electron chi connectivity index (χ4n) is 2.47. The predicted octanol–water partition coefficient (Wildman–Crippen LogP) is 2.39. The molecule has 19 heavy (non-hydrogen) atoms. The first kappa shape index (κ1) is 14.0. The van der Waals surface area contributed by atoms with Crippen molar-refractivity contribution in [2.24, 2.45) is 5.92 Å². The molecular formula is C15H21FN2O. The Labute approximate surface area is 113 Å². The quantitative estimate of drug-likeness (QED) is 0.876.